The topological polar surface area (TPSA) is 61.4 Å². The summed E-state index contributed by atoms with van der Waals surface area (Å²) in [7, 11) is 5.26. The summed E-state index contributed by atoms with van der Waals surface area (Å²) >= 11 is 0. The zero-order valence-corrected chi connectivity index (χ0v) is 20.0. The molecule has 2 N–H and O–H groups in total. The molecule has 31 heavy (non-hydrogen) atoms. The van der Waals surface area contributed by atoms with Gasteiger partial charge in [-0.2, -0.15) is 0 Å². The Morgan fingerprint density at radius 2 is 1.65 bits per heavy atom. The molecule has 0 amide bonds. The van der Waals surface area contributed by atoms with Gasteiger partial charge in [-0.15, -0.1) is 0 Å². The van der Waals surface area contributed by atoms with Crippen LogP contribution in [0.2, 0.25) is 0 Å². The normalized spacial score (nSPS) is 19.5. The second kappa shape index (κ2) is 11.5. The van der Waals surface area contributed by atoms with Crippen LogP contribution < -0.4 is 25.0 Å². The van der Waals surface area contributed by atoms with Crippen LogP contribution in [0.15, 0.2) is 23.2 Å². The van der Waals surface area contributed by atoms with Crippen LogP contribution in [0.3, 0.4) is 0 Å². The summed E-state index contributed by atoms with van der Waals surface area (Å²) in [5.41, 5.74) is 1.16. The summed E-state index contributed by atoms with van der Waals surface area (Å²) in [4.78, 5) is 9.53. The van der Waals surface area contributed by atoms with Gasteiger partial charge in [0, 0.05) is 62.7 Å². The quantitative estimate of drug-likeness (QED) is 0.487. The maximum atomic E-state index is 5.43. The number of rotatable bonds is 8. The SMILES string of the molecule is CN=C(NCC(C(C)C)N1CCCC1)NC1CCN(c2cc(OC)cc(OC)c2)CC1. The Kier molecular flexibility index (Phi) is 8.69. The first-order valence-electron chi connectivity index (χ1n) is 11.7. The molecule has 0 radical (unpaired) electrons. The van der Waals surface area contributed by atoms with Crippen molar-refractivity contribution in [3.05, 3.63) is 18.2 Å². The van der Waals surface area contributed by atoms with Crippen LogP contribution in [0.1, 0.15) is 39.5 Å². The Balaban J connectivity index is 1.50. The number of nitrogens with zero attached hydrogens (tertiary/aromatic N) is 3. The average Bonchev–Trinajstić information content (AvgIpc) is 3.32. The van der Waals surface area contributed by atoms with Gasteiger partial charge in [0.1, 0.15) is 11.5 Å². The zero-order valence-electron chi connectivity index (χ0n) is 20.0. The van der Waals surface area contributed by atoms with Gasteiger partial charge in [-0.05, 0) is 44.7 Å². The highest BCUT2D eigenvalue weighted by molar-refractivity contribution is 5.80. The third kappa shape index (κ3) is 6.42. The summed E-state index contributed by atoms with van der Waals surface area (Å²) in [6, 6.07) is 7.08. The van der Waals surface area contributed by atoms with E-state index < -0.39 is 0 Å². The molecule has 3 rings (SSSR count). The second-order valence-electron chi connectivity index (χ2n) is 8.98. The number of methoxy groups -OCH3 is 2. The molecule has 2 aliphatic heterocycles. The molecule has 0 aliphatic carbocycles. The molecule has 0 aromatic heterocycles. The molecule has 0 spiro atoms. The van der Waals surface area contributed by atoms with Gasteiger partial charge in [0.25, 0.3) is 0 Å². The number of hydrogen-bond donors (Lipinski definition) is 2. The molecule has 1 atom stereocenters. The van der Waals surface area contributed by atoms with E-state index in [1.807, 2.05) is 13.1 Å². The predicted octanol–water partition coefficient (Wildman–Crippen LogP) is 2.96. The molecular formula is C24H41N5O2. The molecule has 1 aromatic rings. The number of piperidine rings is 1. The number of benzene rings is 1. The summed E-state index contributed by atoms with van der Waals surface area (Å²) in [6.07, 6.45) is 4.79. The molecule has 1 aromatic carbocycles. The molecule has 7 heteroatoms. The van der Waals surface area contributed by atoms with Crippen molar-refractivity contribution in [2.24, 2.45) is 10.9 Å². The van der Waals surface area contributed by atoms with Gasteiger partial charge in [0.15, 0.2) is 5.96 Å². The summed E-state index contributed by atoms with van der Waals surface area (Å²) in [5.74, 6) is 3.21. The maximum absolute atomic E-state index is 5.43. The van der Waals surface area contributed by atoms with Gasteiger partial charge in [-0.3, -0.25) is 9.89 Å². The smallest absolute Gasteiger partial charge is 0.191 e. The zero-order chi connectivity index (χ0) is 22.2. The van der Waals surface area contributed by atoms with Gasteiger partial charge in [0.05, 0.1) is 14.2 Å². The van der Waals surface area contributed by atoms with E-state index in [1.54, 1.807) is 14.2 Å². The largest absolute Gasteiger partial charge is 0.497 e. The van der Waals surface area contributed by atoms with Crippen molar-refractivity contribution < 1.29 is 9.47 Å². The Hall–Kier alpha value is -2.15. The number of aliphatic imine (C=N–C) groups is 1. The Bertz CT molecular complexity index is 688. The first-order valence-corrected chi connectivity index (χ1v) is 11.7. The minimum Gasteiger partial charge on any atom is -0.497 e. The van der Waals surface area contributed by atoms with Crippen LogP contribution in [0.4, 0.5) is 5.69 Å². The van der Waals surface area contributed by atoms with Crippen molar-refractivity contribution in [2.75, 3.05) is 58.9 Å². The Labute approximate surface area is 188 Å². The number of anilines is 1. The molecular weight excluding hydrogens is 390 g/mol. The van der Waals surface area contributed by atoms with Crippen molar-refractivity contribution in [1.82, 2.24) is 15.5 Å². The molecule has 2 aliphatic rings. The van der Waals surface area contributed by atoms with E-state index in [4.69, 9.17) is 9.47 Å². The second-order valence-corrected chi connectivity index (χ2v) is 8.98. The standard InChI is InChI=1S/C24H41N5O2/c1-18(2)23(29-10-6-7-11-29)17-26-24(25-3)27-19-8-12-28(13-9-19)20-14-21(30-4)16-22(15-20)31-5/h14-16,18-19,23H,6-13,17H2,1-5H3,(H2,25,26,27). The predicted molar refractivity (Wildman–Crippen MR) is 129 cm³/mol. The first kappa shape index (κ1) is 23.5. The van der Waals surface area contributed by atoms with Crippen molar-refractivity contribution in [3.8, 4) is 11.5 Å². The fourth-order valence-corrected chi connectivity index (χ4v) is 4.71. The van der Waals surface area contributed by atoms with Gasteiger partial charge >= 0.3 is 0 Å². The summed E-state index contributed by atoms with van der Waals surface area (Å²) < 4.78 is 10.9. The molecule has 2 fully saturated rings. The van der Waals surface area contributed by atoms with Crippen LogP contribution in [-0.2, 0) is 0 Å². The van der Waals surface area contributed by atoms with E-state index in [2.05, 4.69) is 51.4 Å². The van der Waals surface area contributed by atoms with Crippen molar-refractivity contribution >= 4 is 11.6 Å². The molecule has 2 saturated heterocycles. The van der Waals surface area contributed by atoms with E-state index in [0.29, 0.717) is 18.0 Å². The van der Waals surface area contributed by atoms with Gasteiger partial charge in [0.2, 0.25) is 0 Å². The summed E-state index contributed by atoms with van der Waals surface area (Å²) in [6.45, 7) is 10.0. The monoisotopic (exact) mass is 431 g/mol. The molecule has 2 heterocycles. The van der Waals surface area contributed by atoms with E-state index >= 15 is 0 Å². The summed E-state index contributed by atoms with van der Waals surface area (Å²) in [5, 5.41) is 7.25. The number of guanidine groups is 1. The van der Waals surface area contributed by atoms with Crippen LogP contribution in [0, 0.1) is 5.92 Å². The van der Waals surface area contributed by atoms with E-state index in [-0.39, 0.29) is 0 Å². The molecule has 7 nitrogen and oxygen atoms in total. The molecule has 174 valence electrons. The lowest BCUT2D eigenvalue weighted by atomic mass is 10.0. The Morgan fingerprint density at radius 1 is 1.03 bits per heavy atom. The molecule has 0 saturated carbocycles. The highest BCUT2D eigenvalue weighted by atomic mass is 16.5. The lowest BCUT2D eigenvalue weighted by molar-refractivity contribution is 0.192. The minimum atomic E-state index is 0.430. The number of hydrogen-bond acceptors (Lipinski definition) is 5. The highest BCUT2D eigenvalue weighted by Gasteiger charge is 2.25. The highest BCUT2D eigenvalue weighted by Crippen LogP contribution is 2.30. The number of likely N-dealkylation sites (tertiary alicyclic amines) is 1. The van der Waals surface area contributed by atoms with E-state index in [1.165, 1.54) is 25.9 Å². The number of nitrogens with one attached hydrogen (secondary N) is 2. The van der Waals surface area contributed by atoms with Crippen LogP contribution in [-0.4, -0.2) is 76.9 Å². The fraction of sp³-hybridized carbons (Fsp3) is 0.708. The Morgan fingerprint density at radius 3 is 2.16 bits per heavy atom. The lowest BCUT2D eigenvalue weighted by Gasteiger charge is -2.35. The molecule has 1 unspecified atom stereocenters. The third-order valence-corrected chi connectivity index (χ3v) is 6.62. The van der Waals surface area contributed by atoms with Gasteiger partial charge < -0.3 is 25.0 Å². The average molecular weight is 432 g/mol. The van der Waals surface area contributed by atoms with Crippen LogP contribution in [0.25, 0.3) is 0 Å². The van der Waals surface area contributed by atoms with Gasteiger partial charge in [-0.1, -0.05) is 13.8 Å². The first-order chi connectivity index (χ1) is 15.0. The van der Waals surface area contributed by atoms with Crippen molar-refractivity contribution in [3.63, 3.8) is 0 Å². The fourth-order valence-electron chi connectivity index (χ4n) is 4.71. The number of ether oxygens (including phenoxy) is 2. The van der Waals surface area contributed by atoms with E-state index in [0.717, 1.165) is 55.6 Å². The van der Waals surface area contributed by atoms with Gasteiger partial charge in [-0.25, -0.2) is 0 Å². The van der Waals surface area contributed by atoms with Crippen LogP contribution in [0.5, 0.6) is 11.5 Å². The third-order valence-electron chi connectivity index (χ3n) is 6.62. The van der Waals surface area contributed by atoms with Crippen molar-refractivity contribution in [1.29, 1.82) is 0 Å². The maximum Gasteiger partial charge on any atom is 0.191 e. The van der Waals surface area contributed by atoms with E-state index in [9.17, 15) is 0 Å². The lowest BCUT2D eigenvalue weighted by Crippen LogP contribution is -2.52. The van der Waals surface area contributed by atoms with Crippen molar-refractivity contribution in [2.45, 2.75) is 51.6 Å². The minimum absolute atomic E-state index is 0.430. The molecule has 0 bridgehead atoms. The van der Waals surface area contributed by atoms with Crippen LogP contribution >= 0.6 is 0 Å².